The summed E-state index contributed by atoms with van der Waals surface area (Å²) >= 11 is 8.96. The molecule has 2 aromatic heterocycles. The fourth-order valence-corrected chi connectivity index (χ4v) is 1.61. The number of halogens is 2. The summed E-state index contributed by atoms with van der Waals surface area (Å²) < 4.78 is 5.41. The zero-order valence-corrected chi connectivity index (χ0v) is 11.0. The van der Waals surface area contributed by atoms with Gasteiger partial charge < -0.3 is 9.84 Å². The first-order valence-electron chi connectivity index (χ1n) is 4.62. The average molecular weight is 317 g/mol. The first-order valence-corrected chi connectivity index (χ1v) is 5.79. The van der Waals surface area contributed by atoms with E-state index in [4.69, 9.17) is 16.1 Å². The van der Waals surface area contributed by atoms with Crippen LogP contribution in [0.1, 0.15) is 16.2 Å². The molecule has 1 amide bonds. The van der Waals surface area contributed by atoms with Gasteiger partial charge in [-0.3, -0.25) is 4.79 Å². The first kappa shape index (κ1) is 12.1. The lowest BCUT2D eigenvalue weighted by atomic mass is 10.3. The molecule has 17 heavy (non-hydrogen) atoms. The summed E-state index contributed by atoms with van der Waals surface area (Å²) in [4.78, 5) is 15.6. The molecule has 2 rings (SSSR count). The van der Waals surface area contributed by atoms with Gasteiger partial charge in [0.15, 0.2) is 5.69 Å². The standard InChI is InChI=1S/C10H7BrClN3O2/c1-5-2-8(15-17-5)10(16)14-6-3-7(11)9(12)13-4-6/h2-4H,1H3,(H,14,16). The van der Waals surface area contributed by atoms with Gasteiger partial charge in [-0.25, -0.2) is 4.98 Å². The van der Waals surface area contributed by atoms with Crippen molar-refractivity contribution >= 4 is 39.1 Å². The highest BCUT2D eigenvalue weighted by molar-refractivity contribution is 9.10. The number of hydrogen-bond acceptors (Lipinski definition) is 4. The maximum Gasteiger partial charge on any atom is 0.277 e. The molecule has 0 aliphatic rings. The highest BCUT2D eigenvalue weighted by Gasteiger charge is 2.11. The van der Waals surface area contributed by atoms with Crippen LogP contribution in [0.2, 0.25) is 5.15 Å². The minimum Gasteiger partial charge on any atom is -0.361 e. The molecule has 0 bridgehead atoms. The van der Waals surface area contributed by atoms with E-state index in [1.54, 1.807) is 19.1 Å². The first-order chi connectivity index (χ1) is 8.06. The smallest absolute Gasteiger partial charge is 0.277 e. The van der Waals surface area contributed by atoms with Crippen LogP contribution in [0.25, 0.3) is 0 Å². The van der Waals surface area contributed by atoms with Crippen molar-refractivity contribution in [3.05, 3.63) is 39.4 Å². The second-order valence-corrected chi connectivity index (χ2v) is 4.49. The van der Waals surface area contributed by atoms with Gasteiger partial charge in [-0.05, 0) is 28.9 Å². The lowest BCUT2D eigenvalue weighted by molar-refractivity contribution is 0.101. The Hall–Kier alpha value is -1.40. The summed E-state index contributed by atoms with van der Waals surface area (Å²) in [6.45, 7) is 1.71. The monoisotopic (exact) mass is 315 g/mol. The van der Waals surface area contributed by atoms with Crippen molar-refractivity contribution < 1.29 is 9.32 Å². The summed E-state index contributed by atoms with van der Waals surface area (Å²) in [7, 11) is 0. The third kappa shape index (κ3) is 2.83. The third-order valence-corrected chi connectivity index (χ3v) is 3.05. The van der Waals surface area contributed by atoms with Crippen molar-refractivity contribution in [3.63, 3.8) is 0 Å². The predicted octanol–water partition coefficient (Wildman–Crippen LogP) is 3.05. The van der Waals surface area contributed by atoms with Gasteiger partial charge in [-0.2, -0.15) is 0 Å². The zero-order chi connectivity index (χ0) is 12.4. The number of amides is 1. The summed E-state index contributed by atoms with van der Waals surface area (Å²) in [6.07, 6.45) is 1.46. The predicted molar refractivity (Wildman–Crippen MR) is 66.1 cm³/mol. The van der Waals surface area contributed by atoms with Crippen LogP contribution in [0.4, 0.5) is 5.69 Å². The second kappa shape index (κ2) is 4.85. The number of aromatic nitrogens is 2. The Kier molecular flexibility index (Phi) is 3.44. The largest absolute Gasteiger partial charge is 0.361 e. The van der Waals surface area contributed by atoms with Crippen LogP contribution < -0.4 is 5.32 Å². The summed E-state index contributed by atoms with van der Waals surface area (Å²) in [5.74, 6) is 0.212. The number of rotatable bonds is 2. The Morgan fingerprint density at radius 2 is 2.29 bits per heavy atom. The van der Waals surface area contributed by atoms with Gasteiger partial charge in [-0.1, -0.05) is 16.8 Å². The van der Waals surface area contributed by atoms with Crippen molar-refractivity contribution in [2.24, 2.45) is 0 Å². The van der Waals surface area contributed by atoms with Gasteiger partial charge in [-0.15, -0.1) is 0 Å². The van der Waals surface area contributed by atoms with Gasteiger partial charge in [0.25, 0.3) is 5.91 Å². The van der Waals surface area contributed by atoms with E-state index in [9.17, 15) is 4.79 Å². The van der Waals surface area contributed by atoms with Crippen molar-refractivity contribution in [3.8, 4) is 0 Å². The van der Waals surface area contributed by atoms with E-state index in [0.717, 1.165) is 0 Å². The van der Waals surface area contributed by atoms with Crippen molar-refractivity contribution in [1.82, 2.24) is 10.1 Å². The normalized spacial score (nSPS) is 10.3. The number of anilines is 1. The average Bonchev–Trinajstić information content (AvgIpc) is 2.70. The Labute approximate surface area is 110 Å². The molecule has 0 radical (unpaired) electrons. The van der Waals surface area contributed by atoms with E-state index in [2.05, 4.69) is 31.4 Å². The number of nitrogens with zero attached hydrogens (tertiary/aromatic N) is 2. The van der Waals surface area contributed by atoms with E-state index in [1.807, 2.05) is 0 Å². The van der Waals surface area contributed by atoms with Crippen LogP contribution in [-0.4, -0.2) is 16.0 Å². The molecular weight excluding hydrogens is 309 g/mol. The van der Waals surface area contributed by atoms with Crippen LogP contribution in [0, 0.1) is 6.92 Å². The quantitative estimate of drug-likeness (QED) is 0.865. The minimum atomic E-state index is -0.363. The molecule has 0 aliphatic carbocycles. The molecule has 0 aliphatic heterocycles. The number of carbonyl (C=O) groups is 1. The molecule has 88 valence electrons. The number of hydrogen-bond donors (Lipinski definition) is 1. The van der Waals surface area contributed by atoms with Gasteiger partial charge in [0.2, 0.25) is 0 Å². The molecule has 0 saturated heterocycles. The molecule has 0 spiro atoms. The molecule has 0 aromatic carbocycles. The molecule has 2 aromatic rings. The lowest BCUT2D eigenvalue weighted by Gasteiger charge is -2.03. The third-order valence-electron chi connectivity index (χ3n) is 1.91. The number of aryl methyl sites for hydroxylation is 1. The SMILES string of the molecule is Cc1cc(C(=O)Nc2cnc(Cl)c(Br)c2)no1. The highest BCUT2D eigenvalue weighted by Crippen LogP contribution is 2.23. The van der Waals surface area contributed by atoms with E-state index in [-0.39, 0.29) is 11.6 Å². The molecule has 0 saturated carbocycles. The van der Waals surface area contributed by atoms with E-state index >= 15 is 0 Å². The van der Waals surface area contributed by atoms with Crippen LogP contribution in [0.3, 0.4) is 0 Å². The second-order valence-electron chi connectivity index (χ2n) is 3.27. The van der Waals surface area contributed by atoms with Gasteiger partial charge >= 0.3 is 0 Å². The number of nitrogens with one attached hydrogen (secondary N) is 1. The fourth-order valence-electron chi connectivity index (χ4n) is 1.16. The van der Waals surface area contributed by atoms with Crippen LogP contribution in [0.5, 0.6) is 0 Å². The molecule has 1 N–H and O–H groups in total. The summed E-state index contributed by atoms with van der Waals surface area (Å²) in [5.41, 5.74) is 0.737. The Balaban J connectivity index is 2.15. The lowest BCUT2D eigenvalue weighted by Crippen LogP contribution is -2.12. The molecule has 0 fully saturated rings. The van der Waals surface area contributed by atoms with E-state index < -0.39 is 0 Å². The number of pyridine rings is 1. The fraction of sp³-hybridized carbons (Fsp3) is 0.100. The highest BCUT2D eigenvalue weighted by atomic mass is 79.9. The molecule has 7 heteroatoms. The minimum absolute atomic E-state index is 0.216. The molecule has 5 nitrogen and oxygen atoms in total. The van der Waals surface area contributed by atoms with Gasteiger partial charge in [0.05, 0.1) is 16.4 Å². The van der Waals surface area contributed by atoms with Crippen LogP contribution in [-0.2, 0) is 0 Å². The van der Waals surface area contributed by atoms with Crippen molar-refractivity contribution in [1.29, 1.82) is 0 Å². The van der Waals surface area contributed by atoms with Crippen molar-refractivity contribution in [2.75, 3.05) is 5.32 Å². The summed E-state index contributed by atoms with van der Waals surface area (Å²) in [5, 5.41) is 6.57. The molecule has 2 heterocycles. The van der Waals surface area contributed by atoms with Crippen LogP contribution >= 0.6 is 27.5 Å². The molecule has 0 atom stereocenters. The maximum atomic E-state index is 11.7. The Morgan fingerprint density at radius 1 is 1.53 bits per heavy atom. The zero-order valence-electron chi connectivity index (χ0n) is 8.70. The number of carbonyl (C=O) groups excluding carboxylic acids is 1. The molecule has 0 unspecified atom stereocenters. The molecular formula is C10H7BrClN3O2. The van der Waals surface area contributed by atoms with E-state index in [1.165, 1.54) is 6.20 Å². The van der Waals surface area contributed by atoms with E-state index in [0.29, 0.717) is 21.1 Å². The topological polar surface area (TPSA) is 68.0 Å². The van der Waals surface area contributed by atoms with Gasteiger partial charge in [0.1, 0.15) is 10.9 Å². The Bertz CT molecular complexity index is 570. The van der Waals surface area contributed by atoms with Gasteiger partial charge in [0, 0.05) is 6.07 Å². The van der Waals surface area contributed by atoms with Crippen molar-refractivity contribution in [2.45, 2.75) is 6.92 Å². The maximum absolute atomic E-state index is 11.7. The Morgan fingerprint density at radius 3 is 2.88 bits per heavy atom. The van der Waals surface area contributed by atoms with Crippen LogP contribution in [0.15, 0.2) is 27.3 Å². The summed E-state index contributed by atoms with van der Waals surface area (Å²) in [6, 6.07) is 3.20.